The summed E-state index contributed by atoms with van der Waals surface area (Å²) in [5.41, 5.74) is 1.23. The highest BCUT2D eigenvalue weighted by atomic mass is 79.9. The Morgan fingerprint density at radius 1 is 1.47 bits per heavy atom. The van der Waals surface area contributed by atoms with Gasteiger partial charge >= 0.3 is 0 Å². The Balaban J connectivity index is 2.77. The Morgan fingerprint density at radius 2 is 2.24 bits per heavy atom. The van der Waals surface area contributed by atoms with Crippen LogP contribution >= 0.6 is 15.9 Å². The van der Waals surface area contributed by atoms with E-state index in [0.29, 0.717) is 12.0 Å². The molecule has 1 rings (SSSR count). The van der Waals surface area contributed by atoms with E-state index in [9.17, 15) is 0 Å². The highest BCUT2D eigenvalue weighted by Crippen LogP contribution is 2.25. The number of hydrogen-bond donors (Lipinski definition) is 1. The molecule has 0 aliphatic heterocycles. The first-order valence-corrected chi connectivity index (χ1v) is 6.81. The number of methoxy groups -OCH3 is 1. The van der Waals surface area contributed by atoms with E-state index < -0.39 is 0 Å². The monoisotopic (exact) mass is 300 g/mol. The summed E-state index contributed by atoms with van der Waals surface area (Å²) in [5, 5.41) is 3.52. The normalized spacial score (nSPS) is 14.6. The van der Waals surface area contributed by atoms with Crippen LogP contribution in [0.25, 0.3) is 0 Å². The Kier molecular flexibility index (Phi) is 6.70. The summed E-state index contributed by atoms with van der Waals surface area (Å²) in [6.07, 6.45) is 4.79. The third-order valence-electron chi connectivity index (χ3n) is 2.86. The summed E-state index contributed by atoms with van der Waals surface area (Å²) in [6.45, 7) is 6.12. The van der Waals surface area contributed by atoms with E-state index in [4.69, 9.17) is 4.74 Å². The van der Waals surface area contributed by atoms with Crippen LogP contribution in [0.1, 0.15) is 31.9 Å². The van der Waals surface area contributed by atoms with Gasteiger partial charge in [0.25, 0.3) is 0 Å². The number of nitrogens with zero attached hydrogens (tertiary/aromatic N) is 1. The summed E-state index contributed by atoms with van der Waals surface area (Å²) >= 11 is 3.47. The largest absolute Gasteiger partial charge is 0.385 e. The smallest absolute Gasteiger partial charge is 0.0465 e. The van der Waals surface area contributed by atoms with Crippen molar-refractivity contribution in [1.82, 2.24) is 10.3 Å². The molecule has 0 aliphatic carbocycles. The van der Waals surface area contributed by atoms with Crippen LogP contribution < -0.4 is 5.32 Å². The molecule has 0 saturated carbocycles. The third kappa shape index (κ3) is 4.74. The van der Waals surface area contributed by atoms with Crippen molar-refractivity contribution < 1.29 is 4.74 Å². The number of halogens is 1. The van der Waals surface area contributed by atoms with E-state index in [1.54, 1.807) is 7.11 Å². The Morgan fingerprint density at radius 3 is 2.82 bits per heavy atom. The third-order valence-corrected chi connectivity index (χ3v) is 3.29. The topological polar surface area (TPSA) is 34.2 Å². The fraction of sp³-hybridized carbons (Fsp3) is 0.615. The molecule has 0 amide bonds. The van der Waals surface area contributed by atoms with E-state index in [2.05, 4.69) is 46.1 Å². The number of ether oxygens (including phenoxy) is 1. The molecule has 0 saturated heterocycles. The second-order valence-electron chi connectivity index (χ2n) is 4.23. The van der Waals surface area contributed by atoms with Gasteiger partial charge in [-0.05, 0) is 46.4 Å². The van der Waals surface area contributed by atoms with Crippen LogP contribution in [0.5, 0.6) is 0 Å². The molecule has 96 valence electrons. The summed E-state index contributed by atoms with van der Waals surface area (Å²) in [5.74, 6) is 0.519. The Hall–Kier alpha value is -0.450. The van der Waals surface area contributed by atoms with Crippen LogP contribution in [0, 0.1) is 5.92 Å². The fourth-order valence-corrected chi connectivity index (χ4v) is 2.32. The molecular formula is C13H21BrN2O. The van der Waals surface area contributed by atoms with Crippen molar-refractivity contribution in [3.63, 3.8) is 0 Å². The van der Waals surface area contributed by atoms with Gasteiger partial charge in [-0.1, -0.05) is 13.8 Å². The molecule has 0 bridgehead atoms. The van der Waals surface area contributed by atoms with Crippen LogP contribution in [-0.2, 0) is 4.74 Å². The average molecular weight is 301 g/mol. The molecule has 0 aromatic carbocycles. The minimum atomic E-state index is 0.333. The predicted molar refractivity (Wildman–Crippen MR) is 74.0 cm³/mol. The maximum absolute atomic E-state index is 5.15. The van der Waals surface area contributed by atoms with Gasteiger partial charge in [-0.3, -0.25) is 4.98 Å². The second kappa shape index (κ2) is 7.80. The highest BCUT2D eigenvalue weighted by molar-refractivity contribution is 9.10. The summed E-state index contributed by atoms with van der Waals surface area (Å²) < 4.78 is 6.17. The van der Waals surface area contributed by atoms with Crippen LogP contribution in [0.3, 0.4) is 0 Å². The lowest BCUT2D eigenvalue weighted by Gasteiger charge is -2.25. The molecular weight excluding hydrogens is 280 g/mol. The predicted octanol–water partition coefficient (Wildman–Crippen LogP) is 3.17. The molecule has 0 aliphatic rings. The molecule has 17 heavy (non-hydrogen) atoms. The summed E-state index contributed by atoms with van der Waals surface area (Å²) in [4.78, 5) is 4.23. The Labute approximate surface area is 112 Å². The van der Waals surface area contributed by atoms with Crippen LogP contribution in [0.2, 0.25) is 0 Å². The lowest BCUT2D eigenvalue weighted by Crippen LogP contribution is -2.27. The fourth-order valence-electron chi connectivity index (χ4n) is 1.94. The summed E-state index contributed by atoms with van der Waals surface area (Å²) in [6, 6.07) is 2.46. The molecule has 0 radical (unpaired) electrons. The molecule has 4 heteroatoms. The first-order valence-electron chi connectivity index (χ1n) is 6.01. The van der Waals surface area contributed by atoms with Crippen molar-refractivity contribution in [3.05, 3.63) is 28.5 Å². The average Bonchev–Trinajstić information content (AvgIpc) is 2.33. The van der Waals surface area contributed by atoms with Gasteiger partial charge in [-0.2, -0.15) is 0 Å². The zero-order valence-electron chi connectivity index (χ0n) is 10.7. The van der Waals surface area contributed by atoms with E-state index in [1.165, 1.54) is 5.56 Å². The molecule has 0 fully saturated rings. The first kappa shape index (κ1) is 14.6. The zero-order valence-corrected chi connectivity index (χ0v) is 12.3. The van der Waals surface area contributed by atoms with Crippen LogP contribution in [-0.4, -0.2) is 25.2 Å². The van der Waals surface area contributed by atoms with Gasteiger partial charge in [0.1, 0.15) is 0 Å². The molecule has 2 atom stereocenters. The van der Waals surface area contributed by atoms with E-state index in [-0.39, 0.29) is 0 Å². The molecule has 2 unspecified atom stereocenters. The first-order chi connectivity index (χ1) is 8.19. The lowest BCUT2D eigenvalue weighted by atomic mass is 9.93. The minimum absolute atomic E-state index is 0.333. The minimum Gasteiger partial charge on any atom is -0.385 e. The van der Waals surface area contributed by atoms with Crippen molar-refractivity contribution in [2.45, 2.75) is 26.3 Å². The van der Waals surface area contributed by atoms with Crippen molar-refractivity contribution in [2.24, 2.45) is 5.92 Å². The zero-order chi connectivity index (χ0) is 12.7. The standard InChI is InChI=1S/C13H21BrN2O/c1-4-16-13(10(2)5-6-17-3)11-7-12(14)9-15-8-11/h7-10,13,16H,4-6H2,1-3H3. The number of aromatic nitrogens is 1. The number of rotatable bonds is 7. The van der Waals surface area contributed by atoms with Crippen LogP contribution in [0.4, 0.5) is 0 Å². The van der Waals surface area contributed by atoms with Crippen molar-refractivity contribution in [2.75, 3.05) is 20.3 Å². The number of pyridine rings is 1. The molecule has 1 aromatic heterocycles. The van der Waals surface area contributed by atoms with Gasteiger partial charge in [0.15, 0.2) is 0 Å². The van der Waals surface area contributed by atoms with Gasteiger partial charge < -0.3 is 10.1 Å². The molecule has 0 spiro atoms. The van der Waals surface area contributed by atoms with Gasteiger partial charge in [0, 0.05) is 36.6 Å². The molecule has 1 heterocycles. The number of nitrogens with one attached hydrogen (secondary N) is 1. The van der Waals surface area contributed by atoms with Gasteiger partial charge in [-0.25, -0.2) is 0 Å². The van der Waals surface area contributed by atoms with E-state index in [0.717, 1.165) is 24.0 Å². The van der Waals surface area contributed by atoms with Crippen molar-refractivity contribution in [3.8, 4) is 0 Å². The lowest BCUT2D eigenvalue weighted by molar-refractivity contribution is 0.170. The van der Waals surface area contributed by atoms with Gasteiger partial charge in [-0.15, -0.1) is 0 Å². The maximum atomic E-state index is 5.15. The second-order valence-corrected chi connectivity index (χ2v) is 5.15. The summed E-state index contributed by atoms with van der Waals surface area (Å²) in [7, 11) is 1.75. The van der Waals surface area contributed by atoms with E-state index >= 15 is 0 Å². The van der Waals surface area contributed by atoms with E-state index in [1.807, 2.05) is 12.4 Å². The Bertz CT molecular complexity index is 333. The van der Waals surface area contributed by atoms with Gasteiger partial charge in [0.05, 0.1) is 0 Å². The number of hydrogen-bond acceptors (Lipinski definition) is 3. The van der Waals surface area contributed by atoms with Gasteiger partial charge in [0.2, 0.25) is 0 Å². The van der Waals surface area contributed by atoms with Crippen LogP contribution in [0.15, 0.2) is 22.9 Å². The molecule has 1 N–H and O–H groups in total. The van der Waals surface area contributed by atoms with Crippen molar-refractivity contribution >= 4 is 15.9 Å². The molecule has 1 aromatic rings. The SMILES string of the molecule is CCNC(c1cncc(Br)c1)C(C)CCOC. The van der Waals surface area contributed by atoms with Crippen molar-refractivity contribution in [1.29, 1.82) is 0 Å². The highest BCUT2D eigenvalue weighted by Gasteiger charge is 2.18. The maximum Gasteiger partial charge on any atom is 0.0465 e. The quantitative estimate of drug-likeness (QED) is 0.840. The molecule has 3 nitrogen and oxygen atoms in total.